The zero-order chi connectivity index (χ0) is 14.4. The van der Waals surface area contributed by atoms with Gasteiger partial charge in [0.2, 0.25) is 0 Å². The predicted molar refractivity (Wildman–Crippen MR) is 72.8 cm³/mol. The van der Waals surface area contributed by atoms with Crippen LogP contribution >= 0.6 is 15.9 Å². The number of rotatable bonds is 6. The summed E-state index contributed by atoms with van der Waals surface area (Å²) in [6, 6.07) is 3.07. The minimum atomic E-state index is -0.924. The largest absolute Gasteiger partial charge is 0.490 e. The van der Waals surface area contributed by atoms with Gasteiger partial charge in [-0.2, -0.15) is 0 Å². The molecule has 1 rings (SSSR count). The highest BCUT2D eigenvalue weighted by Gasteiger charge is 2.22. The first-order valence-corrected chi connectivity index (χ1v) is 6.56. The molecule has 1 aromatic carbocycles. The molecular formula is C13H15BrO5. The van der Waals surface area contributed by atoms with Crippen molar-refractivity contribution in [3.63, 3.8) is 0 Å². The molecule has 6 heteroatoms. The fraction of sp³-hybridized carbons (Fsp3) is 0.385. The number of hydrogen-bond acceptors (Lipinski definition) is 5. The summed E-state index contributed by atoms with van der Waals surface area (Å²) >= 11 is 3.24. The zero-order valence-electron chi connectivity index (χ0n) is 11.0. The van der Waals surface area contributed by atoms with Gasteiger partial charge < -0.3 is 14.2 Å². The van der Waals surface area contributed by atoms with Gasteiger partial charge in [-0.1, -0.05) is 0 Å². The van der Waals surface area contributed by atoms with Crippen LogP contribution in [0.1, 0.15) is 24.2 Å². The Kier molecular flexibility index (Phi) is 5.82. The van der Waals surface area contributed by atoms with E-state index in [1.54, 1.807) is 6.07 Å². The number of methoxy groups -OCH3 is 1. The van der Waals surface area contributed by atoms with Crippen molar-refractivity contribution in [2.45, 2.75) is 13.8 Å². The Bertz CT molecular complexity index is 484. The Morgan fingerprint density at radius 2 is 1.63 bits per heavy atom. The van der Waals surface area contributed by atoms with Crippen molar-refractivity contribution in [1.29, 1.82) is 0 Å². The molecular weight excluding hydrogens is 316 g/mol. The number of carbonyl (C=O) groups excluding carboxylic acids is 2. The lowest BCUT2D eigenvalue weighted by atomic mass is 10.1. The number of carbonyl (C=O) groups is 2. The van der Waals surface area contributed by atoms with Crippen LogP contribution in [-0.2, 0) is 9.53 Å². The van der Waals surface area contributed by atoms with Crippen LogP contribution in [0.15, 0.2) is 16.6 Å². The minimum Gasteiger partial charge on any atom is -0.490 e. The molecule has 0 spiro atoms. The Balaban J connectivity index is 3.23. The molecule has 0 bridgehead atoms. The molecule has 0 fully saturated rings. The number of Topliss-reactive ketones (excluding diaryl/α,β-unsaturated/α-hetero) is 1. The number of ether oxygens (including phenoxy) is 3. The number of hydrogen-bond donors (Lipinski definition) is 0. The maximum atomic E-state index is 11.8. The van der Waals surface area contributed by atoms with Crippen LogP contribution in [-0.4, -0.2) is 32.1 Å². The first-order valence-electron chi connectivity index (χ1n) is 5.76. The Morgan fingerprint density at radius 1 is 1.11 bits per heavy atom. The van der Waals surface area contributed by atoms with Gasteiger partial charge in [-0.15, -0.1) is 0 Å². The van der Waals surface area contributed by atoms with E-state index in [4.69, 9.17) is 9.47 Å². The Hall–Kier alpha value is -1.56. The van der Waals surface area contributed by atoms with E-state index in [0.717, 1.165) is 7.11 Å². The predicted octanol–water partition coefficient (Wildman–Crippen LogP) is 2.60. The first kappa shape index (κ1) is 15.5. The summed E-state index contributed by atoms with van der Waals surface area (Å²) in [6.45, 7) is 4.56. The summed E-state index contributed by atoms with van der Waals surface area (Å²) in [5, 5.41) is 0. The fourth-order valence-corrected chi connectivity index (χ4v) is 1.95. The molecule has 0 heterocycles. The number of halogens is 1. The summed E-state index contributed by atoms with van der Waals surface area (Å²) in [5.41, 5.74) is 0.179. The smallest absolute Gasteiger partial charge is 0.379 e. The van der Waals surface area contributed by atoms with Crippen molar-refractivity contribution in [3.8, 4) is 11.5 Å². The standard InChI is InChI=1S/C13H15BrO5/c1-4-18-10-6-8(12(15)13(16)17-3)9(14)7-11(10)19-5-2/h6-7H,4-5H2,1-3H3. The van der Waals surface area contributed by atoms with E-state index >= 15 is 0 Å². The molecule has 0 saturated carbocycles. The first-order chi connectivity index (χ1) is 9.04. The molecule has 0 saturated heterocycles. The molecule has 0 aliphatic rings. The molecule has 0 aliphatic carbocycles. The molecule has 0 aromatic heterocycles. The van der Waals surface area contributed by atoms with Gasteiger partial charge in [0, 0.05) is 10.0 Å². The normalized spacial score (nSPS) is 9.89. The van der Waals surface area contributed by atoms with Crippen molar-refractivity contribution in [1.82, 2.24) is 0 Å². The molecule has 0 atom stereocenters. The molecule has 104 valence electrons. The lowest BCUT2D eigenvalue weighted by Crippen LogP contribution is -2.16. The summed E-state index contributed by atoms with van der Waals surface area (Å²) < 4.78 is 15.7. The maximum absolute atomic E-state index is 11.8. The highest BCUT2D eigenvalue weighted by atomic mass is 79.9. The highest BCUT2D eigenvalue weighted by Crippen LogP contribution is 2.34. The third kappa shape index (κ3) is 3.70. The van der Waals surface area contributed by atoms with Gasteiger partial charge in [0.05, 0.1) is 20.3 Å². The van der Waals surface area contributed by atoms with Crippen molar-refractivity contribution < 1.29 is 23.8 Å². The van der Waals surface area contributed by atoms with Gasteiger partial charge in [-0.05, 0) is 41.9 Å². The SMILES string of the molecule is CCOc1cc(Br)c(C(=O)C(=O)OC)cc1OCC. The van der Waals surface area contributed by atoms with Crippen molar-refractivity contribution in [3.05, 3.63) is 22.2 Å². The van der Waals surface area contributed by atoms with Gasteiger partial charge in [0.15, 0.2) is 11.5 Å². The minimum absolute atomic E-state index is 0.179. The second-order valence-electron chi connectivity index (χ2n) is 3.47. The monoisotopic (exact) mass is 330 g/mol. The van der Waals surface area contributed by atoms with E-state index in [9.17, 15) is 9.59 Å². The van der Waals surface area contributed by atoms with Crippen LogP contribution in [0.2, 0.25) is 0 Å². The van der Waals surface area contributed by atoms with Crippen LogP contribution in [0.4, 0.5) is 0 Å². The molecule has 19 heavy (non-hydrogen) atoms. The van der Waals surface area contributed by atoms with Crippen molar-refractivity contribution in [2.75, 3.05) is 20.3 Å². The second-order valence-corrected chi connectivity index (χ2v) is 4.32. The van der Waals surface area contributed by atoms with E-state index in [0.29, 0.717) is 29.2 Å². The second kappa shape index (κ2) is 7.13. The molecule has 0 N–H and O–H groups in total. The summed E-state index contributed by atoms with van der Waals surface area (Å²) in [6.07, 6.45) is 0. The molecule has 0 aliphatic heterocycles. The highest BCUT2D eigenvalue weighted by molar-refractivity contribution is 9.10. The van der Waals surface area contributed by atoms with Gasteiger partial charge in [-0.25, -0.2) is 4.79 Å². The average Bonchev–Trinajstić information content (AvgIpc) is 2.40. The molecule has 0 amide bonds. The topological polar surface area (TPSA) is 61.8 Å². The third-order valence-electron chi connectivity index (χ3n) is 2.25. The number of ketones is 1. The van der Waals surface area contributed by atoms with Gasteiger partial charge in [0.1, 0.15) is 0 Å². The third-order valence-corrected chi connectivity index (χ3v) is 2.90. The van der Waals surface area contributed by atoms with Crippen LogP contribution in [0.5, 0.6) is 11.5 Å². The van der Waals surface area contributed by atoms with E-state index in [1.807, 2.05) is 13.8 Å². The van der Waals surface area contributed by atoms with Crippen molar-refractivity contribution in [2.24, 2.45) is 0 Å². The van der Waals surface area contributed by atoms with E-state index in [2.05, 4.69) is 20.7 Å². The summed E-state index contributed by atoms with van der Waals surface area (Å²) in [7, 11) is 1.16. The lowest BCUT2D eigenvalue weighted by molar-refractivity contribution is -0.135. The molecule has 1 aromatic rings. The van der Waals surface area contributed by atoms with Gasteiger partial charge >= 0.3 is 5.97 Å². The fourth-order valence-electron chi connectivity index (χ4n) is 1.45. The Labute approximate surface area is 120 Å². The number of esters is 1. The van der Waals surface area contributed by atoms with E-state index in [-0.39, 0.29) is 5.56 Å². The molecule has 5 nitrogen and oxygen atoms in total. The van der Waals surface area contributed by atoms with Crippen LogP contribution in [0.25, 0.3) is 0 Å². The van der Waals surface area contributed by atoms with Crippen LogP contribution in [0.3, 0.4) is 0 Å². The quantitative estimate of drug-likeness (QED) is 0.455. The van der Waals surface area contributed by atoms with E-state index < -0.39 is 11.8 Å². The summed E-state index contributed by atoms with van der Waals surface area (Å²) in [4.78, 5) is 23.1. The van der Waals surface area contributed by atoms with Gasteiger partial charge in [-0.3, -0.25) is 4.79 Å². The van der Waals surface area contributed by atoms with Crippen LogP contribution < -0.4 is 9.47 Å². The molecule has 0 unspecified atom stereocenters. The van der Waals surface area contributed by atoms with E-state index in [1.165, 1.54) is 6.07 Å². The zero-order valence-corrected chi connectivity index (χ0v) is 12.6. The Morgan fingerprint density at radius 3 is 2.11 bits per heavy atom. The maximum Gasteiger partial charge on any atom is 0.379 e. The summed E-state index contributed by atoms with van der Waals surface area (Å²) in [5.74, 6) is -0.733. The number of benzene rings is 1. The lowest BCUT2D eigenvalue weighted by Gasteiger charge is -2.13. The van der Waals surface area contributed by atoms with Gasteiger partial charge in [0.25, 0.3) is 5.78 Å². The van der Waals surface area contributed by atoms with Crippen LogP contribution in [0, 0.1) is 0 Å². The molecule has 0 radical (unpaired) electrons. The van der Waals surface area contributed by atoms with Crippen molar-refractivity contribution >= 4 is 27.7 Å². The average molecular weight is 331 g/mol.